The van der Waals surface area contributed by atoms with E-state index in [1.54, 1.807) is 0 Å². The van der Waals surface area contributed by atoms with Crippen molar-refractivity contribution in [3.63, 3.8) is 0 Å². The van der Waals surface area contributed by atoms with Gasteiger partial charge in [-0.2, -0.15) is 0 Å². The molecule has 2 rings (SSSR count). The van der Waals surface area contributed by atoms with Crippen LogP contribution in [0.15, 0.2) is 11.6 Å². The van der Waals surface area contributed by atoms with Gasteiger partial charge in [-0.15, -0.1) is 0 Å². The van der Waals surface area contributed by atoms with Crippen molar-refractivity contribution in [1.29, 1.82) is 0 Å². The Morgan fingerprint density at radius 1 is 1.67 bits per heavy atom. The zero-order valence-electron chi connectivity index (χ0n) is 7.17. The maximum atomic E-state index is 11.2. The highest BCUT2D eigenvalue weighted by Gasteiger charge is 2.33. The lowest BCUT2D eigenvalue weighted by atomic mass is 10.0. The van der Waals surface area contributed by atoms with Gasteiger partial charge >= 0.3 is 5.97 Å². The van der Waals surface area contributed by atoms with Crippen molar-refractivity contribution in [2.75, 3.05) is 7.11 Å². The summed E-state index contributed by atoms with van der Waals surface area (Å²) in [4.78, 5) is 11.2. The average Bonchev–Trinajstić information content (AvgIpc) is 2.47. The molecule has 1 N–H and O–H groups in total. The molecule has 0 aromatic heterocycles. The largest absolute Gasteiger partial charge is 0.466 e. The molecular formula is C9H13NO2. The van der Waals surface area contributed by atoms with Gasteiger partial charge in [0.2, 0.25) is 0 Å². The second kappa shape index (κ2) is 2.90. The first-order valence-corrected chi connectivity index (χ1v) is 4.35. The predicted molar refractivity (Wildman–Crippen MR) is 44.7 cm³/mol. The summed E-state index contributed by atoms with van der Waals surface area (Å²) in [5, 5.41) is 3.39. The summed E-state index contributed by atoms with van der Waals surface area (Å²) in [5.41, 5.74) is 0.825. The molecule has 2 atom stereocenters. The van der Waals surface area contributed by atoms with Crippen LogP contribution >= 0.6 is 0 Å². The quantitative estimate of drug-likeness (QED) is 0.581. The number of fused-ring (bicyclic) bond motifs is 2. The third-order valence-corrected chi connectivity index (χ3v) is 2.66. The predicted octanol–water partition coefficient (Wildman–Crippen LogP) is 0.610. The van der Waals surface area contributed by atoms with Crippen LogP contribution in [0.3, 0.4) is 0 Å². The van der Waals surface area contributed by atoms with Gasteiger partial charge in [0.05, 0.1) is 12.7 Å². The molecule has 2 bridgehead atoms. The second-order valence-electron chi connectivity index (χ2n) is 3.38. The van der Waals surface area contributed by atoms with E-state index in [-0.39, 0.29) is 12.0 Å². The van der Waals surface area contributed by atoms with Crippen LogP contribution < -0.4 is 5.32 Å². The molecular weight excluding hydrogens is 154 g/mol. The highest BCUT2D eigenvalue weighted by molar-refractivity contribution is 5.90. The Balaban J connectivity index is 2.15. The van der Waals surface area contributed by atoms with E-state index in [4.69, 9.17) is 4.74 Å². The molecule has 0 spiro atoms. The fraction of sp³-hybridized carbons (Fsp3) is 0.667. The van der Waals surface area contributed by atoms with Gasteiger partial charge in [0, 0.05) is 12.1 Å². The van der Waals surface area contributed by atoms with E-state index in [1.165, 1.54) is 13.5 Å². The standard InChI is InChI=1S/C9H13NO2/c1-12-9(11)7-4-2-6-3-5-8(7)10-6/h4,6,8,10H,2-3,5H2,1H3. The number of ether oxygens (including phenoxy) is 1. The van der Waals surface area contributed by atoms with Crippen molar-refractivity contribution in [2.45, 2.75) is 31.3 Å². The SMILES string of the molecule is COC(=O)C1=CCC2CCC1N2. The minimum Gasteiger partial charge on any atom is -0.466 e. The molecule has 66 valence electrons. The van der Waals surface area contributed by atoms with E-state index >= 15 is 0 Å². The van der Waals surface area contributed by atoms with Gasteiger partial charge in [-0.25, -0.2) is 4.79 Å². The monoisotopic (exact) mass is 167 g/mol. The normalized spacial score (nSPS) is 32.9. The number of hydrogen-bond donors (Lipinski definition) is 1. The molecule has 0 amide bonds. The summed E-state index contributed by atoms with van der Waals surface area (Å²) < 4.78 is 4.69. The maximum Gasteiger partial charge on any atom is 0.335 e. The van der Waals surface area contributed by atoms with E-state index in [2.05, 4.69) is 5.32 Å². The molecule has 1 saturated heterocycles. The summed E-state index contributed by atoms with van der Waals surface area (Å²) in [7, 11) is 1.43. The number of esters is 1. The fourth-order valence-corrected chi connectivity index (χ4v) is 2.01. The Labute approximate surface area is 71.8 Å². The third kappa shape index (κ3) is 1.14. The maximum absolute atomic E-state index is 11.2. The number of nitrogens with one attached hydrogen (secondary N) is 1. The molecule has 2 aliphatic heterocycles. The second-order valence-corrected chi connectivity index (χ2v) is 3.38. The van der Waals surface area contributed by atoms with Crippen LogP contribution in [0.25, 0.3) is 0 Å². The first-order chi connectivity index (χ1) is 5.81. The molecule has 3 heteroatoms. The molecule has 0 aromatic rings. The molecule has 12 heavy (non-hydrogen) atoms. The van der Waals surface area contributed by atoms with Gasteiger partial charge in [-0.05, 0) is 19.3 Å². The van der Waals surface area contributed by atoms with Gasteiger partial charge < -0.3 is 10.1 Å². The van der Waals surface area contributed by atoms with E-state index in [0.29, 0.717) is 6.04 Å². The van der Waals surface area contributed by atoms with Crippen LogP contribution in [-0.2, 0) is 9.53 Å². The first-order valence-electron chi connectivity index (χ1n) is 4.35. The molecule has 1 fully saturated rings. The summed E-state index contributed by atoms with van der Waals surface area (Å²) in [6.45, 7) is 0. The van der Waals surface area contributed by atoms with Crippen LogP contribution in [0.4, 0.5) is 0 Å². The molecule has 0 aliphatic carbocycles. The number of rotatable bonds is 1. The Morgan fingerprint density at radius 2 is 2.50 bits per heavy atom. The highest BCUT2D eigenvalue weighted by Crippen LogP contribution is 2.27. The van der Waals surface area contributed by atoms with Crippen molar-refractivity contribution < 1.29 is 9.53 Å². The van der Waals surface area contributed by atoms with Crippen LogP contribution in [0, 0.1) is 0 Å². The lowest BCUT2D eigenvalue weighted by Gasteiger charge is -2.20. The molecule has 0 saturated carbocycles. The first kappa shape index (κ1) is 7.80. The minimum atomic E-state index is -0.173. The number of hydrogen-bond acceptors (Lipinski definition) is 3. The Hall–Kier alpha value is -0.830. The lowest BCUT2D eigenvalue weighted by molar-refractivity contribution is -0.136. The van der Waals surface area contributed by atoms with E-state index in [1.807, 2.05) is 6.08 Å². The molecule has 2 heterocycles. The van der Waals surface area contributed by atoms with Gasteiger partial charge in [0.25, 0.3) is 0 Å². The van der Waals surface area contributed by atoms with Crippen molar-refractivity contribution in [2.24, 2.45) is 0 Å². The third-order valence-electron chi connectivity index (χ3n) is 2.66. The lowest BCUT2D eigenvalue weighted by Crippen LogP contribution is -2.36. The van der Waals surface area contributed by atoms with Gasteiger partial charge in [-0.3, -0.25) is 0 Å². The molecule has 0 aromatic carbocycles. The molecule has 2 aliphatic rings. The van der Waals surface area contributed by atoms with Gasteiger partial charge in [0.1, 0.15) is 0 Å². The Morgan fingerprint density at radius 3 is 3.25 bits per heavy atom. The number of carbonyl (C=O) groups excluding carboxylic acids is 1. The van der Waals surface area contributed by atoms with Crippen molar-refractivity contribution in [3.8, 4) is 0 Å². The zero-order valence-corrected chi connectivity index (χ0v) is 7.17. The van der Waals surface area contributed by atoms with Crippen molar-refractivity contribution in [1.82, 2.24) is 5.32 Å². The smallest absolute Gasteiger partial charge is 0.335 e. The number of methoxy groups -OCH3 is 1. The highest BCUT2D eigenvalue weighted by atomic mass is 16.5. The van der Waals surface area contributed by atoms with Crippen LogP contribution in [0.5, 0.6) is 0 Å². The Kier molecular flexibility index (Phi) is 1.89. The minimum absolute atomic E-state index is 0.173. The van der Waals surface area contributed by atoms with Crippen molar-refractivity contribution in [3.05, 3.63) is 11.6 Å². The molecule has 0 radical (unpaired) electrons. The Bertz CT molecular complexity index is 235. The summed E-state index contributed by atoms with van der Waals surface area (Å²) in [6, 6.07) is 0.861. The topological polar surface area (TPSA) is 38.3 Å². The van der Waals surface area contributed by atoms with Crippen LogP contribution in [0.2, 0.25) is 0 Å². The fourth-order valence-electron chi connectivity index (χ4n) is 2.01. The molecule has 3 nitrogen and oxygen atoms in total. The number of carbonyl (C=O) groups is 1. The average molecular weight is 167 g/mol. The van der Waals surface area contributed by atoms with E-state index in [0.717, 1.165) is 18.4 Å². The molecule has 2 unspecified atom stereocenters. The van der Waals surface area contributed by atoms with Crippen LogP contribution in [0.1, 0.15) is 19.3 Å². The summed E-state index contributed by atoms with van der Waals surface area (Å²) in [6.07, 6.45) is 5.25. The van der Waals surface area contributed by atoms with E-state index in [9.17, 15) is 4.79 Å². The van der Waals surface area contributed by atoms with Crippen LogP contribution in [-0.4, -0.2) is 25.2 Å². The summed E-state index contributed by atoms with van der Waals surface area (Å²) in [5.74, 6) is -0.173. The van der Waals surface area contributed by atoms with Gasteiger partial charge in [0.15, 0.2) is 0 Å². The van der Waals surface area contributed by atoms with Gasteiger partial charge in [-0.1, -0.05) is 6.08 Å². The zero-order chi connectivity index (χ0) is 8.55. The summed E-state index contributed by atoms with van der Waals surface area (Å²) >= 11 is 0. The van der Waals surface area contributed by atoms with Crippen molar-refractivity contribution >= 4 is 5.97 Å². The van der Waals surface area contributed by atoms with E-state index < -0.39 is 0 Å².